The predicted octanol–water partition coefficient (Wildman–Crippen LogP) is 2.96. The number of halogens is 1. The monoisotopic (exact) mass is 293 g/mol. The second-order valence-corrected chi connectivity index (χ2v) is 4.41. The van der Waals surface area contributed by atoms with E-state index >= 15 is 0 Å². The van der Waals surface area contributed by atoms with Crippen molar-refractivity contribution < 1.29 is 4.74 Å². The number of anilines is 1. The molecule has 0 aliphatic carbocycles. The molecule has 0 fully saturated rings. The van der Waals surface area contributed by atoms with Gasteiger partial charge in [0.05, 0.1) is 10.7 Å². The molecule has 0 saturated carbocycles. The van der Waals surface area contributed by atoms with Gasteiger partial charge in [-0.05, 0) is 28.4 Å². The number of hydrogen-bond donors (Lipinski definition) is 1. The molecule has 1 unspecified atom stereocenters. The van der Waals surface area contributed by atoms with E-state index in [2.05, 4.69) is 25.9 Å². The molecule has 1 heterocycles. The molecule has 2 N–H and O–H groups in total. The largest absolute Gasteiger partial charge is 0.469 e. The topological polar surface area (TPSA) is 61.0 Å². The summed E-state index contributed by atoms with van der Waals surface area (Å²) in [7, 11) is 0. The third kappa shape index (κ3) is 2.94. The minimum Gasteiger partial charge on any atom is -0.469 e. The summed E-state index contributed by atoms with van der Waals surface area (Å²) in [5.74, 6) is 0.650. The van der Waals surface area contributed by atoms with Crippen LogP contribution >= 0.6 is 15.9 Å². The molecule has 0 spiro atoms. The van der Waals surface area contributed by atoms with Crippen LogP contribution in [-0.2, 0) is 0 Å². The first kappa shape index (κ1) is 11.9. The van der Waals surface area contributed by atoms with E-state index in [1.54, 1.807) is 6.20 Å². The number of nitrogens with zero attached hydrogens (tertiary/aromatic N) is 2. The van der Waals surface area contributed by atoms with Crippen LogP contribution in [0.15, 0.2) is 41.0 Å². The first-order valence-electron chi connectivity index (χ1n) is 5.16. The lowest BCUT2D eigenvalue weighted by atomic mass is 10.1. The predicted molar refractivity (Wildman–Crippen MR) is 69.6 cm³/mol. The standard InChI is InChI=1S/C12H12BrN3O/c1-8(9-5-3-2-4-6-9)17-11-10(13)7-15-12(14)16-11/h2-8H,1H3,(H2,14,15,16). The van der Waals surface area contributed by atoms with Crippen molar-refractivity contribution in [2.45, 2.75) is 13.0 Å². The van der Waals surface area contributed by atoms with Crippen LogP contribution in [-0.4, -0.2) is 9.97 Å². The Morgan fingerprint density at radius 1 is 1.29 bits per heavy atom. The van der Waals surface area contributed by atoms with Crippen LogP contribution in [0.3, 0.4) is 0 Å². The van der Waals surface area contributed by atoms with Gasteiger partial charge in [0.1, 0.15) is 6.10 Å². The highest BCUT2D eigenvalue weighted by Crippen LogP contribution is 2.26. The van der Waals surface area contributed by atoms with Gasteiger partial charge in [0.15, 0.2) is 0 Å². The van der Waals surface area contributed by atoms with Gasteiger partial charge in [-0.2, -0.15) is 4.98 Å². The second-order valence-electron chi connectivity index (χ2n) is 3.55. The van der Waals surface area contributed by atoms with Gasteiger partial charge in [0.2, 0.25) is 11.8 Å². The van der Waals surface area contributed by atoms with Gasteiger partial charge in [-0.25, -0.2) is 4.98 Å². The molecule has 0 saturated heterocycles. The molecule has 88 valence electrons. The van der Waals surface area contributed by atoms with E-state index < -0.39 is 0 Å². The van der Waals surface area contributed by atoms with Crippen molar-refractivity contribution >= 4 is 21.9 Å². The van der Waals surface area contributed by atoms with Crippen LogP contribution in [0.2, 0.25) is 0 Å². The Morgan fingerprint density at radius 3 is 2.71 bits per heavy atom. The maximum Gasteiger partial charge on any atom is 0.233 e. The molecule has 1 aromatic carbocycles. The average Bonchev–Trinajstić information content (AvgIpc) is 2.35. The summed E-state index contributed by atoms with van der Waals surface area (Å²) >= 11 is 3.33. The van der Waals surface area contributed by atoms with E-state index in [1.807, 2.05) is 37.3 Å². The molecule has 17 heavy (non-hydrogen) atoms. The highest BCUT2D eigenvalue weighted by Gasteiger charge is 2.11. The molecule has 0 bridgehead atoms. The van der Waals surface area contributed by atoms with E-state index in [1.165, 1.54) is 0 Å². The van der Waals surface area contributed by atoms with Gasteiger partial charge in [-0.1, -0.05) is 30.3 Å². The van der Waals surface area contributed by atoms with E-state index in [4.69, 9.17) is 10.5 Å². The molecule has 5 heteroatoms. The van der Waals surface area contributed by atoms with Gasteiger partial charge in [-0.15, -0.1) is 0 Å². The number of ether oxygens (including phenoxy) is 1. The number of nitrogens with two attached hydrogens (primary N) is 1. The molecule has 4 nitrogen and oxygen atoms in total. The summed E-state index contributed by atoms with van der Waals surface area (Å²) in [5.41, 5.74) is 6.60. The van der Waals surface area contributed by atoms with E-state index in [9.17, 15) is 0 Å². The number of aromatic nitrogens is 2. The Hall–Kier alpha value is -1.62. The Labute approximate surface area is 108 Å². The summed E-state index contributed by atoms with van der Waals surface area (Å²) in [6.45, 7) is 1.96. The van der Waals surface area contributed by atoms with Crippen molar-refractivity contribution in [1.82, 2.24) is 9.97 Å². The first-order valence-corrected chi connectivity index (χ1v) is 5.95. The zero-order valence-electron chi connectivity index (χ0n) is 9.30. The number of nitrogen functional groups attached to an aromatic ring is 1. The number of hydrogen-bond acceptors (Lipinski definition) is 4. The number of rotatable bonds is 3. The Balaban J connectivity index is 2.18. The summed E-state index contributed by atoms with van der Waals surface area (Å²) in [6, 6.07) is 9.91. The lowest BCUT2D eigenvalue weighted by Gasteiger charge is -2.15. The fraction of sp³-hybridized carbons (Fsp3) is 0.167. The minimum absolute atomic E-state index is 0.0956. The van der Waals surface area contributed by atoms with Crippen LogP contribution in [0.25, 0.3) is 0 Å². The van der Waals surface area contributed by atoms with Gasteiger partial charge in [0.25, 0.3) is 0 Å². The number of benzene rings is 1. The highest BCUT2D eigenvalue weighted by molar-refractivity contribution is 9.10. The summed E-state index contributed by atoms with van der Waals surface area (Å²) in [4.78, 5) is 7.89. The molecular formula is C12H12BrN3O. The van der Waals surface area contributed by atoms with Gasteiger partial charge >= 0.3 is 0 Å². The third-order valence-corrected chi connectivity index (χ3v) is 2.83. The first-order chi connectivity index (χ1) is 8.16. The summed E-state index contributed by atoms with van der Waals surface area (Å²) in [5, 5.41) is 0. The maximum atomic E-state index is 5.73. The molecule has 0 radical (unpaired) electrons. The van der Waals surface area contributed by atoms with Crippen LogP contribution in [0.1, 0.15) is 18.6 Å². The van der Waals surface area contributed by atoms with Crippen molar-refractivity contribution in [3.05, 3.63) is 46.6 Å². The zero-order valence-corrected chi connectivity index (χ0v) is 10.9. The van der Waals surface area contributed by atoms with Crippen molar-refractivity contribution in [2.24, 2.45) is 0 Å². The Kier molecular flexibility index (Phi) is 3.58. The lowest BCUT2D eigenvalue weighted by Crippen LogP contribution is -2.06. The van der Waals surface area contributed by atoms with Crippen molar-refractivity contribution in [3.63, 3.8) is 0 Å². The van der Waals surface area contributed by atoms with Crippen molar-refractivity contribution in [1.29, 1.82) is 0 Å². The summed E-state index contributed by atoms with van der Waals surface area (Å²) < 4.78 is 6.42. The van der Waals surface area contributed by atoms with Crippen molar-refractivity contribution in [3.8, 4) is 5.88 Å². The quantitative estimate of drug-likeness (QED) is 0.945. The maximum absolute atomic E-state index is 5.73. The Bertz CT molecular complexity index is 504. The van der Waals surface area contributed by atoms with Gasteiger partial charge in [-0.3, -0.25) is 0 Å². The van der Waals surface area contributed by atoms with E-state index in [0.717, 1.165) is 5.56 Å². The van der Waals surface area contributed by atoms with Crippen LogP contribution in [0.4, 0.5) is 5.95 Å². The fourth-order valence-electron chi connectivity index (χ4n) is 1.41. The molecule has 2 aromatic rings. The summed E-state index contributed by atoms with van der Waals surface area (Å²) in [6.07, 6.45) is 1.48. The van der Waals surface area contributed by atoms with Crippen LogP contribution in [0, 0.1) is 0 Å². The van der Waals surface area contributed by atoms with E-state index in [0.29, 0.717) is 10.4 Å². The van der Waals surface area contributed by atoms with Crippen LogP contribution < -0.4 is 10.5 Å². The molecule has 0 aliphatic rings. The normalized spacial score (nSPS) is 12.1. The average molecular weight is 294 g/mol. The molecule has 1 atom stereocenters. The van der Waals surface area contributed by atoms with E-state index in [-0.39, 0.29) is 12.1 Å². The van der Waals surface area contributed by atoms with Gasteiger partial charge in [0, 0.05) is 0 Å². The third-order valence-electron chi connectivity index (χ3n) is 2.29. The Morgan fingerprint density at radius 2 is 2.00 bits per heavy atom. The fourth-order valence-corrected chi connectivity index (χ4v) is 1.69. The van der Waals surface area contributed by atoms with Crippen LogP contribution in [0.5, 0.6) is 5.88 Å². The highest BCUT2D eigenvalue weighted by atomic mass is 79.9. The molecular weight excluding hydrogens is 282 g/mol. The molecule has 2 rings (SSSR count). The molecule has 0 aliphatic heterocycles. The molecule has 1 aromatic heterocycles. The lowest BCUT2D eigenvalue weighted by molar-refractivity contribution is 0.216. The smallest absolute Gasteiger partial charge is 0.233 e. The zero-order chi connectivity index (χ0) is 12.3. The molecule has 0 amide bonds. The second kappa shape index (κ2) is 5.14. The SMILES string of the molecule is CC(Oc1nc(N)ncc1Br)c1ccccc1. The minimum atomic E-state index is -0.0956. The van der Waals surface area contributed by atoms with Gasteiger partial charge < -0.3 is 10.5 Å². The van der Waals surface area contributed by atoms with Crippen molar-refractivity contribution in [2.75, 3.05) is 5.73 Å².